The van der Waals surface area contributed by atoms with Gasteiger partial charge in [0.25, 0.3) is 0 Å². The van der Waals surface area contributed by atoms with Gasteiger partial charge in [-0.25, -0.2) is 0 Å². The molecule has 2 aromatic carbocycles. The van der Waals surface area contributed by atoms with E-state index in [9.17, 15) is 0 Å². The van der Waals surface area contributed by atoms with Gasteiger partial charge in [-0.05, 0) is 85.1 Å². The van der Waals surface area contributed by atoms with Gasteiger partial charge in [0.1, 0.15) is 0 Å². The average molecular weight is 289 g/mol. The Morgan fingerprint density at radius 1 is 0.727 bits per heavy atom. The first kappa shape index (κ1) is 12.8. The van der Waals surface area contributed by atoms with E-state index in [0.717, 1.165) is 23.4 Å². The van der Waals surface area contributed by atoms with E-state index < -0.39 is 0 Å². The third-order valence-electron chi connectivity index (χ3n) is 6.51. The van der Waals surface area contributed by atoms with Crippen LogP contribution in [0.25, 0.3) is 0 Å². The summed E-state index contributed by atoms with van der Waals surface area (Å²) in [6, 6.07) is 19.8. The molecule has 112 valence electrons. The van der Waals surface area contributed by atoms with Crippen LogP contribution in [0.2, 0.25) is 0 Å². The summed E-state index contributed by atoms with van der Waals surface area (Å²) in [7, 11) is 0. The Labute approximate surface area is 132 Å². The van der Waals surface area contributed by atoms with Crippen LogP contribution in [0.1, 0.15) is 37.7 Å². The lowest BCUT2D eigenvalue weighted by atomic mass is 9.71. The molecule has 0 amide bonds. The lowest BCUT2D eigenvalue weighted by molar-refractivity contribution is 0.266. The summed E-state index contributed by atoms with van der Waals surface area (Å²) in [6.07, 6.45) is 7.44. The Morgan fingerprint density at radius 2 is 1.36 bits per heavy atom. The Morgan fingerprint density at radius 3 is 2.05 bits per heavy atom. The van der Waals surface area contributed by atoms with E-state index in [2.05, 4.69) is 59.9 Å². The summed E-state index contributed by atoms with van der Waals surface area (Å²) in [6.45, 7) is 0. The van der Waals surface area contributed by atoms with Crippen molar-refractivity contribution < 1.29 is 0 Å². The van der Waals surface area contributed by atoms with E-state index in [-0.39, 0.29) is 0 Å². The van der Waals surface area contributed by atoms with Crippen LogP contribution >= 0.6 is 0 Å². The van der Waals surface area contributed by atoms with Crippen LogP contribution in [0.4, 0.5) is 11.4 Å². The molecule has 4 aliphatic carbocycles. The first-order chi connectivity index (χ1) is 10.8. The lowest BCUT2D eigenvalue weighted by Gasteiger charge is -2.33. The number of hydrogen-bond acceptors (Lipinski definition) is 1. The van der Waals surface area contributed by atoms with E-state index >= 15 is 0 Å². The van der Waals surface area contributed by atoms with Crippen molar-refractivity contribution in [2.75, 3.05) is 5.32 Å². The molecule has 2 atom stereocenters. The molecule has 0 aliphatic heterocycles. The van der Waals surface area contributed by atoms with E-state index in [1.54, 1.807) is 5.56 Å². The summed E-state index contributed by atoms with van der Waals surface area (Å²) >= 11 is 0. The van der Waals surface area contributed by atoms with E-state index in [1.807, 2.05) is 0 Å². The second-order valence-corrected chi connectivity index (χ2v) is 7.77. The second-order valence-electron chi connectivity index (χ2n) is 7.77. The Bertz CT molecular complexity index is 659. The first-order valence-electron chi connectivity index (χ1n) is 8.74. The quantitative estimate of drug-likeness (QED) is 0.785. The van der Waals surface area contributed by atoms with E-state index in [1.165, 1.54) is 37.8 Å². The fourth-order valence-electron chi connectivity index (χ4n) is 5.84. The molecule has 4 bridgehead atoms. The fourth-order valence-corrected chi connectivity index (χ4v) is 5.84. The predicted octanol–water partition coefficient (Wildman–Crippen LogP) is 5.51. The summed E-state index contributed by atoms with van der Waals surface area (Å²) in [5.41, 5.74) is 4.51. The number of para-hydroxylation sites is 1. The van der Waals surface area contributed by atoms with Crippen molar-refractivity contribution in [1.82, 2.24) is 0 Å². The highest BCUT2D eigenvalue weighted by atomic mass is 14.9. The standard InChI is InChI=1S/C21H23N/c1-2-4-19(5-3-1)22-20-8-6-17(7-9-20)21-13-15-10-16(14-21)12-18(21)11-15/h1-9,15-16,18,22H,10-14H2. The largest absolute Gasteiger partial charge is 0.356 e. The minimum absolute atomic E-state index is 0.541. The van der Waals surface area contributed by atoms with Crippen molar-refractivity contribution in [2.24, 2.45) is 17.8 Å². The fraction of sp³-hybridized carbons (Fsp3) is 0.429. The highest BCUT2D eigenvalue weighted by molar-refractivity contribution is 5.60. The molecular weight excluding hydrogens is 266 g/mol. The monoisotopic (exact) mass is 289 g/mol. The molecule has 4 aliphatic rings. The maximum atomic E-state index is 3.50. The number of anilines is 2. The van der Waals surface area contributed by atoms with Crippen molar-refractivity contribution in [1.29, 1.82) is 0 Å². The van der Waals surface area contributed by atoms with Gasteiger partial charge in [-0.1, -0.05) is 30.3 Å². The molecule has 1 nitrogen and oxygen atoms in total. The minimum atomic E-state index is 0.541. The second kappa shape index (κ2) is 4.62. The third kappa shape index (κ3) is 1.84. The zero-order valence-electron chi connectivity index (χ0n) is 13.0. The van der Waals surface area contributed by atoms with Gasteiger partial charge in [-0.2, -0.15) is 0 Å². The third-order valence-corrected chi connectivity index (χ3v) is 6.51. The maximum absolute atomic E-state index is 3.50. The van der Waals surface area contributed by atoms with Crippen LogP contribution in [0, 0.1) is 17.8 Å². The molecule has 0 spiro atoms. The normalized spacial score (nSPS) is 35.0. The number of nitrogens with one attached hydrogen (secondary N) is 1. The number of benzene rings is 2. The topological polar surface area (TPSA) is 12.0 Å². The molecule has 0 heterocycles. The highest BCUT2D eigenvalue weighted by Crippen LogP contribution is 2.65. The molecule has 2 unspecified atom stereocenters. The number of hydrogen-bond donors (Lipinski definition) is 1. The van der Waals surface area contributed by atoms with Gasteiger partial charge in [0.05, 0.1) is 0 Å². The molecule has 22 heavy (non-hydrogen) atoms. The van der Waals surface area contributed by atoms with Crippen LogP contribution in [0.3, 0.4) is 0 Å². The molecule has 6 rings (SSSR count). The van der Waals surface area contributed by atoms with Crippen LogP contribution in [-0.4, -0.2) is 0 Å². The summed E-state index contributed by atoms with van der Waals surface area (Å²) < 4.78 is 0. The molecule has 4 saturated carbocycles. The van der Waals surface area contributed by atoms with Gasteiger partial charge in [0.2, 0.25) is 0 Å². The SMILES string of the molecule is c1ccc(Nc2ccc(C34CC5CC(CC3C5)C4)cc2)cc1. The van der Waals surface area contributed by atoms with Crippen LogP contribution in [-0.2, 0) is 5.41 Å². The van der Waals surface area contributed by atoms with Crippen molar-refractivity contribution in [3.63, 3.8) is 0 Å². The summed E-state index contributed by atoms with van der Waals surface area (Å²) in [5, 5.41) is 3.50. The number of rotatable bonds is 3. The zero-order valence-corrected chi connectivity index (χ0v) is 13.0. The molecule has 1 N–H and O–H groups in total. The molecule has 2 aromatic rings. The van der Waals surface area contributed by atoms with E-state index in [4.69, 9.17) is 0 Å². The average Bonchev–Trinajstić information content (AvgIpc) is 2.94. The summed E-state index contributed by atoms with van der Waals surface area (Å²) in [5.74, 6) is 3.03. The Hall–Kier alpha value is -1.76. The molecule has 0 radical (unpaired) electrons. The smallest absolute Gasteiger partial charge is 0.0384 e. The zero-order chi connectivity index (χ0) is 14.6. The van der Waals surface area contributed by atoms with Gasteiger partial charge in [0.15, 0.2) is 0 Å². The van der Waals surface area contributed by atoms with Crippen molar-refractivity contribution >= 4 is 11.4 Å². The molecule has 0 aromatic heterocycles. The summed E-state index contributed by atoms with van der Waals surface area (Å²) in [4.78, 5) is 0. The molecule has 1 heteroatoms. The van der Waals surface area contributed by atoms with Crippen LogP contribution in [0.15, 0.2) is 54.6 Å². The van der Waals surface area contributed by atoms with Crippen molar-refractivity contribution in [2.45, 2.75) is 37.5 Å². The Kier molecular flexibility index (Phi) is 2.68. The molecule has 4 fully saturated rings. The van der Waals surface area contributed by atoms with Crippen molar-refractivity contribution in [3.05, 3.63) is 60.2 Å². The van der Waals surface area contributed by atoms with Crippen LogP contribution < -0.4 is 5.32 Å². The van der Waals surface area contributed by atoms with Crippen LogP contribution in [0.5, 0.6) is 0 Å². The molecular formula is C21H23N. The van der Waals surface area contributed by atoms with Gasteiger partial charge in [-0.3, -0.25) is 0 Å². The van der Waals surface area contributed by atoms with Gasteiger partial charge >= 0.3 is 0 Å². The first-order valence-corrected chi connectivity index (χ1v) is 8.74. The van der Waals surface area contributed by atoms with Gasteiger partial charge in [-0.15, -0.1) is 0 Å². The Balaban J connectivity index is 1.41. The van der Waals surface area contributed by atoms with Gasteiger partial charge in [0, 0.05) is 11.4 Å². The van der Waals surface area contributed by atoms with E-state index in [0.29, 0.717) is 5.41 Å². The predicted molar refractivity (Wildman–Crippen MR) is 91.4 cm³/mol. The molecule has 0 saturated heterocycles. The van der Waals surface area contributed by atoms with Gasteiger partial charge < -0.3 is 5.32 Å². The maximum Gasteiger partial charge on any atom is 0.0384 e. The lowest BCUT2D eigenvalue weighted by Crippen LogP contribution is -2.27. The highest BCUT2D eigenvalue weighted by Gasteiger charge is 2.58. The van der Waals surface area contributed by atoms with Crippen molar-refractivity contribution in [3.8, 4) is 0 Å². The minimum Gasteiger partial charge on any atom is -0.356 e.